The highest BCUT2D eigenvalue weighted by Gasteiger charge is 2.30. The number of aryl methyl sites for hydroxylation is 1. The number of rotatable bonds is 6. The molecule has 0 aliphatic carbocycles. The van der Waals surface area contributed by atoms with Crippen molar-refractivity contribution in [1.29, 1.82) is 0 Å². The zero-order valence-electron chi connectivity index (χ0n) is 14.7. The molecule has 5 nitrogen and oxygen atoms in total. The highest BCUT2D eigenvalue weighted by atomic mass is 32.2. The number of aromatic nitrogens is 1. The van der Waals surface area contributed by atoms with Crippen LogP contribution in [0.3, 0.4) is 0 Å². The summed E-state index contributed by atoms with van der Waals surface area (Å²) < 4.78 is 20.9. The fraction of sp³-hybridized carbons (Fsp3) is 0.706. The molecule has 0 saturated carbocycles. The quantitative estimate of drug-likeness (QED) is 0.805. The average molecular weight is 340 g/mol. The molecule has 0 amide bonds. The van der Waals surface area contributed by atoms with Gasteiger partial charge in [-0.25, -0.2) is 0 Å². The first-order valence-electron chi connectivity index (χ1n) is 8.27. The maximum Gasteiger partial charge on any atom is 0.136 e. The lowest BCUT2D eigenvalue weighted by Gasteiger charge is -2.30. The monoisotopic (exact) mass is 339 g/mol. The van der Waals surface area contributed by atoms with Crippen LogP contribution in [0.25, 0.3) is 0 Å². The van der Waals surface area contributed by atoms with Gasteiger partial charge in [-0.1, -0.05) is 6.07 Å². The van der Waals surface area contributed by atoms with Gasteiger partial charge in [-0.15, -0.1) is 4.72 Å². The maximum absolute atomic E-state index is 12.5. The van der Waals surface area contributed by atoms with Crippen LogP contribution in [-0.4, -0.2) is 52.0 Å². The summed E-state index contributed by atoms with van der Waals surface area (Å²) in [5.41, 5.74) is 2.10. The van der Waals surface area contributed by atoms with Crippen molar-refractivity contribution in [2.45, 2.75) is 44.9 Å². The Morgan fingerprint density at radius 2 is 2.04 bits per heavy atom. The van der Waals surface area contributed by atoms with E-state index in [4.69, 9.17) is 4.74 Å². The number of morpholine rings is 1. The van der Waals surface area contributed by atoms with Crippen LogP contribution in [0.5, 0.6) is 0 Å². The van der Waals surface area contributed by atoms with Crippen LogP contribution in [0, 0.1) is 6.92 Å². The summed E-state index contributed by atoms with van der Waals surface area (Å²) in [5, 5.41) is 0. The summed E-state index contributed by atoms with van der Waals surface area (Å²) in [6.07, 6.45) is 2.76. The van der Waals surface area contributed by atoms with Crippen molar-refractivity contribution < 1.29 is 9.29 Å². The summed E-state index contributed by atoms with van der Waals surface area (Å²) >= 11 is -1.11. The van der Waals surface area contributed by atoms with Gasteiger partial charge in [0.2, 0.25) is 0 Å². The molecule has 2 atom stereocenters. The van der Waals surface area contributed by atoms with Crippen LogP contribution in [0.1, 0.15) is 44.5 Å². The Morgan fingerprint density at radius 1 is 1.35 bits per heavy atom. The SMILES string of the molecule is Cc1ccc(C(CCN2CCOCC2)N[S+]([O-])C(C)(C)C)nc1. The van der Waals surface area contributed by atoms with Gasteiger partial charge in [0.1, 0.15) is 4.75 Å². The molecule has 1 aliphatic heterocycles. The average Bonchev–Trinajstić information content (AvgIpc) is 2.52. The van der Waals surface area contributed by atoms with Crippen molar-refractivity contribution >= 4 is 11.4 Å². The number of ether oxygens (including phenoxy) is 1. The Labute approximate surface area is 143 Å². The highest BCUT2D eigenvalue weighted by Crippen LogP contribution is 2.22. The molecule has 2 unspecified atom stereocenters. The molecule has 2 heterocycles. The first-order chi connectivity index (χ1) is 10.9. The first kappa shape index (κ1) is 18.7. The van der Waals surface area contributed by atoms with Gasteiger partial charge in [0.25, 0.3) is 0 Å². The van der Waals surface area contributed by atoms with Crippen LogP contribution in [0.4, 0.5) is 0 Å². The zero-order chi connectivity index (χ0) is 16.9. The molecule has 0 spiro atoms. The topological polar surface area (TPSA) is 60.5 Å². The molecule has 2 rings (SSSR count). The Balaban J connectivity index is 2.02. The Kier molecular flexibility index (Phi) is 6.85. The molecule has 1 saturated heterocycles. The molecule has 23 heavy (non-hydrogen) atoms. The van der Waals surface area contributed by atoms with Crippen molar-refractivity contribution in [2.75, 3.05) is 32.8 Å². The second-order valence-electron chi connectivity index (χ2n) is 7.05. The van der Waals surface area contributed by atoms with Crippen LogP contribution < -0.4 is 4.72 Å². The third kappa shape index (κ3) is 6.04. The summed E-state index contributed by atoms with van der Waals surface area (Å²) in [7, 11) is 0. The smallest absolute Gasteiger partial charge is 0.136 e. The van der Waals surface area contributed by atoms with E-state index in [0.717, 1.165) is 50.5 Å². The first-order valence-corrected chi connectivity index (χ1v) is 9.42. The largest absolute Gasteiger partial charge is 0.598 e. The van der Waals surface area contributed by atoms with Crippen molar-refractivity contribution in [3.05, 3.63) is 29.6 Å². The number of hydrogen-bond acceptors (Lipinski definition) is 5. The second kappa shape index (κ2) is 8.44. The summed E-state index contributed by atoms with van der Waals surface area (Å²) in [5.74, 6) is 0. The van der Waals surface area contributed by atoms with Gasteiger partial charge >= 0.3 is 0 Å². The molecule has 1 aromatic rings. The number of pyridine rings is 1. The van der Waals surface area contributed by atoms with E-state index >= 15 is 0 Å². The van der Waals surface area contributed by atoms with Gasteiger partial charge in [-0.2, -0.15) is 0 Å². The maximum atomic E-state index is 12.5. The molecule has 6 heteroatoms. The van der Waals surface area contributed by atoms with Crippen molar-refractivity contribution in [3.8, 4) is 0 Å². The van der Waals surface area contributed by atoms with E-state index in [1.165, 1.54) is 0 Å². The lowest BCUT2D eigenvalue weighted by Crippen LogP contribution is -2.43. The second-order valence-corrected chi connectivity index (χ2v) is 9.05. The summed E-state index contributed by atoms with van der Waals surface area (Å²) in [4.78, 5) is 6.93. The molecule has 1 fully saturated rings. The third-order valence-corrected chi connectivity index (χ3v) is 5.55. The Morgan fingerprint density at radius 3 is 2.61 bits per heavy atom. The van der Waals surface area contributed by atoms with Crippen molar-refractivity contribution in [3.63, 3.8) is 0 Å². The minimum absolute atomic E-state index is 0.00139. The van der Waals surface area contributed by atoms with Gasteiger partial charge < -0.3 is 9.29 Å². The summed E-state index contributed by atoms with van der Waals surface area (Å²) in [6, 6.07) is 4.09. The van der Waals surface area contributed by atoms with Crippen LogP contribution in [-0.2, 0) is 16.1 Å². The number of nitrogens with zero attached hydrogens (tertiary/aromatic N) is 2. The Hall–Kier alpha value is -0.660. The Bertz CT molecular complexity index is 470. The standard InChI is InChI=1S/C17H29N3O2S/c1-14-5-6-15(18-13-14)16(19-23(21)17(2,3)4)7-8-20-9-11-22-12-10-20/h5-6,13,16,19H,7-12H2,1-4H3. The molecule has 0 aromatic carbocycles. The predicted molar refractivity (Wildman–Crippen MR) is 94.6 cm³/mol. The molecular formula is C17H29N3O2S. The minimum Gasteiger partial charge on any atom is -0.598 e. The molecule has 1 aromatic heterocycles. The zero-order valence-corrected chi connectivity index (χ0v) is 15.5. The van der Waals surface area contributed by atoms with Gasteiger partial charge in [0.05, 0.1) is 24.9 Å². The number of nitrogens with one attached hydrogen (secondary N) is 1. The van der Waals surface area contributed by atoms with E-state index in [-0.39, 0.29) is 10.8 Å². The van der Waals surface area contributed by atoms with Crippen LogP contribution in [0.2, 0.25) is 0 Å². The normalized spacial score (nSPS) is 19.5. The number of hydrogen-bond donors (Lipinski definition) is 1. The van der Waals surface area contributed by atoms with Gasteiger partial charge in [0, 0.05) is 37.2 Å². The fourth-order valence-electron chi connectivity index (χ4n) is 2.39. The van der Waals surface area contributed by atoms with E-state index in [1.54, 1.807) is 0 Å². The summed E-state index contributed by atoms with van der Waals surface area (Å²) in [6.45, 7) is 12.5. The lowest BCUT2D eigenvalue weighted by molar-refractivity contribution is 0.0364. The van der Waals surface area contributed by atoms with Crippen LogP contribution >= 0.6 is 0 Å². The molecule has 1 N–H and O–H groups in total. The predicted octanol–water partition coefficient (Wildman–Crippen LogP) is 2.21. The van der Waals surface area contributed by atoms with Crippen molar-refractivity contribution in [2.24, 2.45) is 0 Å². The van der Waals surface area contributed by atoms with Gasteiger partial charge in [-0.05, 0) is 45.7 Å². The van der Waals surface area contributed by atoms with Gasteiger partial charge in [0.15, 0.2) is 0 Å². The lowest BCUT2D eigenvalue weighted by atomic mass is 10.1. The van der Waals surface area contributed by atoms with E-state index in [1.807, 2.05) is 40.0 Å². The van der Waals surface area contributed by atoms with Gasteiger partial charge in [-0.3, -0.25) is 9.88 Å². The van der Waals surface area contributed by atoms with E-state index in [9.17, 15) is 4.55 Å². The molecular weight excluding hydrogens is 310 g/mol. The van der Waals surface area contributed by atoms with Crippen molar-refractivity contribution in [1.82, 2.24) is 14.6 Å². The molecule has 0 radical (unpaired) electrons. The van der Waals surface area contributed by atoms with E-state index < -0.39 is 11.4 Å². The fourth-order valence-corrected chi connectivity index (χ4v) is 3.25. The highest BCUT2D eigenvalue weighted by molar-refractivity contribution is 7.90. The minimum atomic E-state index is -1.11. The molecule has 0 bridgehead atoms. The van der Waals surface area contributed by atoms with Crippen LogP contribution in [0.15, 0.2) is 18.3 Å². The molecule has 130 valence electrons. The van der Waals surface area contributed by atoms with E-state index in [0.29, 0.717) is 0 Å². The molecule has 1 aliphatic rings. The third-order valence-electron chi connectivity index (χ3n) is 3.93. The van der Waals surface area contributed by atoms with E-state index in [2.05, 4.69) is 20.7 Å².